The van der Waals surface area contributed by atoms with Crippen LogP contribution in [0.15, 0.2) is 18.2 Å². The number of ether oxygens (including phenoxy) is 2. The number of nitrogens with zero attached hydrogens (tertiary/aromatic N) is 1. The lowest BCUT2D eigenvalue weighted by Gasteiger charge is -2.33. The van der Waals surface area contributed by atoms with Gasteiger partial charge in [0.25, 0.3) is 0 Å². The second-order valence-corrected chi connectivity index (χ2v) is 5.18. The van der Waals surface area contributed by atoms with Gasteiger partial charge in [-0.2, -0.15) is 0 Å². The molecule has 6 heteroatoms. The molecule has 0 atom stereocenters. The molecule has 1 saturated heterocycles. The Morgan fingerprint density at radius 2 is 1.95 bits per heavy atom. The molecule has 6 nitrogen and oxygen atoms in total. The normalized spacial score (nSPS) is 18.8. The fourth-order valence-corrected chi connectivity index (χ4v) is 2.81. The Labute approximate surface area is 122 Å². The quantitative estimate of drug-likeness (QED) is 0.894. The number of amides is 1. The molecule has 21 heavy (non-hydrogen) atoms. The number of para-hydroxylation sites is 1. The summed E-state index contributed by atoms with van der Waals surface area (Å²) in [6.07, 6.45) is 1.42. The third-order valence-electron chi connectivity index (χ3n) is 3.91. The average Bonchev–Trinajstić information content (AvgIpc) is 2.53. The third kappa shape index (κ3) is 2.58. The van der Waals surface area contributed by atoms with Crippen molar-refractivity contribution in [1.82, 2.24) is 0 Å². The molecular weight excluding hydrogens is 274 g/mol. The Hall–Kier alpha value is -2.08. The molecule has 1 N–H and O–H groups in total. The SMILES string of the molecule is O=C(O)c1cccc2c1OCCN2C(=O)C1CCOCC1. The van der Waals surface area contributed by atoms with Crippen LogP contribution in [0.25, 0.3) is 0 Å². The number of carbonyl (C=O) groups is 2. The molecule has 0 bridgehead atoms. The van der Waals surface area contributed by atoms with Gasteiger partial charge in [0.1, 0.15) is 12.2 Å². The summed E-state index contributed by atoms with van der Waals surface area (Å²) >= 11 is 0. The summed E-state index contributed by atoms with van der Waals surface area (Å²) in [4.78, 5) is 25.6. The Morgan fingerprint density at radius 3 is 2.67 bits per heavy atom. The van der Waals surface area contributed by atoms with Crippen molar-refractivity contribution < 1.29 is 24.2 Å². The highest BCUT2D eigenvalue weighted by atomic mass is 16.5. The van der Waals surface area contributed by atoms with Crippen molar-refractivity contribution in [3.05, 3.63) is 23.8 Å². The van der Waals surface area contributed by atoms with E-state index >= 15 is 0 Å². The van der Waals surface area contributed by atoms with Gasteiger partial charge in [0.05, 0.1) is 12.2 Å². The van der Waals surface area contributed by atoms with Crippen LogP contribution in [0.5, 0.6) is 5.75 Å². The van der Waals surface area contributed by atoms with Crippen LogP contribution in [0, 0.1) is 5.92 Å². The van der Waals surface area contributed by atoms with Gasteiger partial charge >= 0.3 is 5.97 Å². The first-order valence-corrected chi connectivity index (χ1v) is 7.06. The van der Waals surface area contributed by atoms with E-state index in [1.54, 1.807) is 17.0 Å². The van der Waals surface area contributed by atoms with Crippen molar-refractivity contribution in [3.63, 3.8) is 0 Å². The summed E-state index contributed by atoms with van der Waals surface area (Å²) in [5, 5.41) is 9.21. The second kappa shape index (κ2) is 5.73. The van der Waals surface area contributed by atoms with Crippen molar-refractivity contribution in [3.8, 4) is 5.75 Å². The first kappa shape index (κ1) is 13.9. The standard InChI is InChI=1S/C15H17NO5/c17-14(10-4-7-20-8-5-10)16-6-9-21-13-11(15(18)19)2-1-3-12(13)16/h1-3,10H,4-9H2,(H,18,19). The number of fused-ring (bicyclic) bond motifs is 1. The van der Waals surface area contributed by atoms with Gasteiger partial charge in [-0.15, -0.1) is 0 Å². The van der Waals surface area contributed by atoms with Crippen LogP contribution in [-0.4, -0.2) is 43.3 Å². The molecule has 1 aromatic rings. The molecule has 2 heterocycles. The summed E-state index contributed by atoms with van der Waals surface area (Å²) < 4.78 is 10.8. The smallest absolute Gasteiger partial charge is 0.339 e. The minimum absolute atomic E-state index is 0.0328. The van der Waals surface area contributed by atoms with Gasteiger partial charge in [-0.05, 0) is 25.0 Å². The molecule has 1 amide bonds. The molecule has 0 spiro atoms. The van der Waals surface area contributed by atoms with Crippen molar-refractivity contribution in [2.45, 2.75) is 12.8 Å². The Kier molecular flexibility index (Phi) is 3.79. The Morgan fingerprint density at radius 1 is 1.19 bits per heavy atom. The molecule has 0 saturated carbocycles. The zero-order valence-corrected chi connectivity index (χ0v) is 11.6. The van der Waals surface area contributed by atoms with Crippen LogP contribution in [0.3, 0.4) is 0 Å². The number of anilines is 1. The molecule has 0 aliphatic carbocycles. The topological polar surface area (TPSA) is 76.1 Å². The second-order valence-electron chi connectivity index (χ2n) is 5.18. The molecule has 2 aliphatic rings. The maximum Gasteiger partial charge on any atom is 0.339 e. The Bertz CT molecular complexity index is 565. The van der Waals surface area contributed by atoms with Crippen LogP contribution in [-0.2, 0) is 9.53 Å². The number of hydrogen-bond donors (Lipinski definition) is 1. The van der Waals surface area contributed by atoms with E-state index in [0.717, 1.165) is 0 Å². The van der Waals surface area contributed by atoms with Crippen molar-refractivity contribution >= 4 is 17.6 Å². The Balaban J connectivity index is 1.91. The maximum absolute atomic E-state index is 12.7. The van der Waals surface area contributed by atoms with E-state index in [1.165, 1.54) is 6.07 Å². The fourth-order valence-electron chi connectivity index (χ4n) is 2.81. The van der Waals surface area contributed by atoms with Gasteiger partial charge in [0, 0.05) is 19.1 Å². The van der Waals surface area contributed by atoms with Crippen molar-refractivity contribution in [2.75, 3.05) is 31.3 Å². The number of carbonyl (C=O) groups excluding carboxylic acids is 1. The highest BCUT2D eigenvalue weighted by molar-refractivity contribution is 6.00. The van der Waals surface area contributed by atoms with E-state index in [4.69, 9.17) is 9.47 Å². The maximum atomic E-state index is 12.7. The van der Waals surface area contributed by atoms with Gasteiger partial charge in [0.2, 0.25) is 5.91 Å². The highest BCUT2D eigenvalue weighted by Crippen LogP contribution is 2.36. The van der Waals surface area contributed by atoms with Gasteiger partial charge in [0.15, 0.2) is 5.75 Å². The fraction of sp³-hybridized carbons (Fsp3) is 0.467. The number of rotatable bonds is 2. The molecule has 2 aliphatic heterocycles. The van der Waals surface area contributed by atoms with E-state index in [9.17, 15) is 14.7 Å². The lowest BCUT2D eigenvalue weighted by atomic mass is 9.97. The third-order valence-corrected chi connectivity index (χ3v) is 3.91. The minimum Gasteiger partial charge on any atom is -0.489 e. The summed E-state index contributed by atoms with van der Waals surface area (Å²) in [6.45, 7) is 1.96. The predicted octanol–water partition coefficient (Wildman–Crippen LogP) is 1.54. The molecule has 1 fully saturated rings. The van der Waals surface area contributed by atoms with Crippen LogP contribution >= 0.6 is 0 Å². The number of hydrogen-bond acceptors (Lipinski definition) is 4. The number of aromatic carboxylic acids is 1. The van der Waals surface area contributed by atoms with E-state index in [1.807, 2.05) is 0 Å². The van der Waals surface area contributed by atoms with E-state index in [-0.39, 0.29) is 23.1 Å². The first-order chi connectivity index (χ1) is 10.2. The number of carboxylic acids is 1. The van der Waals surface area contributed by atoms with Gasteiger partial charge in [-0.3, -0.25) is 4.79 Å². The monoisotopic (exact) mass is 291 g/mol. The lowest BCUT2D eigenvalue weighted by Crippen LogP contribution is -2.43. The number of carboxylic acid groups (broad SMARTS) is 1. The molecule has 112 valence electrons. The molecule has 0 aromatic heterocycles. The van der Waals surface area contributed by atoms with E-state index in [0.29, 0.717) is 44.9 Å². The van der Waals surface area contributed by atoms with Crippen molar-refractivity contribution in [1.29, 1.82) is 0 Å². The lowest BCUT2D eigenvalue weighted by molar-refractivity contribution is -0.125. The largest absolute Gasteiger partial charge is 0.489 e. The zero-order chi connectivity index (χ0) is 14.8. The van der Waals surface area contributed by atoms with Gasteiger partial charge in [-0.1, -0.05) is 6.07 Å². The minimum atomic E-state index is -1.05. The van der Waals surface area contributed by atoms with Crippen molar-refractivity contribution in [2.24, 2.45) is 5.92 Å². The van der Waals surface area contributed by atoms with Crippen LogP contribution in [0.1, 0.15) is 23.2 Å². The van der Waals surface area contributed by atoms with E-state index in [2.05, 4.69) is 0 Å². The van der Waals surface area contributed by atoms with Gasteiger partial charge < -0.3 is 19.5 Å². The summed E-state index contributed by atoms with van der Waals surface area (Å²) in [6, 6.07) is 4.86. The van der Waals surface area contributed by atoms with Gasteiger partial charge in [-0.25, -0.2) is 4.79 Å². The molecule has 3 rings (SSSR count). The number of benzene rings is 1. The highest BCUT2D eigenvalue weighted by Gasteiger charge is 2.32. The van der Waals surface area contributed by atoms with Crippen LogP contribution in [0.4, 0.5) is 5.69 Å². The predicted molar refractivity (Wildman–Crippen MR) is 74.8 cm³/mol. The summed E-state index contributed by atoms with van der Waals surface area (Å²) in [5.74, 6) is -0.785. The summed E-state index contributed by atoms with van der Waals surface area (Å²) in [7, 11) is 0. The molecule has 0 radical (unpaired) electrons. The summed E-state index contributed by atoms with van der Waals surface area (Å²) in [5.41, 5.74) is 0.648. The molecule has 0 unspecified atom stereocenters. The average molecular weight is 291 g/mol. The van der Waals surface area contributed by atoms with Crippen LogP contribution < -0.4 is 9.64 Å². The van der Waals surface area contributed by atoms with Crippen LogP contribution in [0.2, 0.25) is 0 Å². The van der Waals surface area contributed by atoms with E-state index < -0.39 is 5.97 Å². The zero-order valence-electron chi connectivity index (χ0n) is 11.6. The molecular formula is C15H17NO5. The first-order valence-electron chi connectivity index (χ1n) is 7.06. The molecule has 1 aromatic carbocycles.